The van der Waals surface area contributed by atoms with Crippen LogP contribution in [-0.2, 0) is 4.79 Å². The summed E-state index contributed by atoms with van der Waals surface area (Å²) in [5.74, 6) is 0.918. The van der Waals surface area contributed by atoms with Gasteiger partial charge in [-0.05, 0) is 69.4 Å². The van der Waals surface area contributed by atoms with E-state index < -0.39 is 0 Å². The summed E-state index contributed by atoms with van der Waals surface area (Å²) < 4.78 is 1.58. The maximum atomic E-state index is 13.1. The summed E-state index contributed by atoms with van der Waals surface area (Å²) in [5, 5.41) is 18.1. The van der Waals surface area contributed by atoms with Crippen LogP contribution < -0.4 is 27.0 Å². The standard InChI is InChI=1S/C27H34ClN9O2/c28-23-11-19(9-10-30-23)35-27(39)22-14-31-26-21(32-16-3-4-16)13-24(36-37(22)26)33-17-5-7-18(8-6-17)34-25(38)12-20(29)15-1-2-15/h9-11,13-18,20,32H,1-8,12,29H2,(H,33,36)(H,34,38)(H,30,35,39)/t17-,18-,20?. The van der Waals surface area contributed by atoms with Crippen LogP contribution in [0.3, 0.4) is 0 Å². The molecule has 1 atom stereocenters. The van der Waals surface area contributed by atoms with Gasteiger partial charge in [-0.15, -0.1) is 5.10 Å². The van der Waals surface area contributed by atoms with Crippen LogP contribution in [0.4, 0.5) is 17.2 Å². The second-order valence-electron chi connectivity index (χ2n) is 11.0. The number of carbonyl (C=O) groups excluding carboxylic acids is 2. The Kier molecular flexibility index (Phi) is 7.26. The molecule has 0 saturated heterocycles. The molecular formula is C27H34ClN9O2. The zero-order valence-electron chi connectivity index (χ0n) is 21.7. The minimum Gasteiger partial charge on any atom is -0.379 e. The topological polar surface area (TPSA) is 151 Å². The van der Waals surface area contributed by atoms with E-state index in [0.29, 0.717) is 46.4 Å². The number of anilines is 3. The first-order valence-corrected chi connectivity index (χ1v) is 14.2. The van der Waals surface area contributed by atoms with E-state index >= 15 is 0 Å². The first-order chi connectivity index (χ1) is 18.9. The molecule has 11 nitrogen and oxygen atoms in total. The van der Waals surface area contributed by atoms with Crippen molar-refractivity contribution in [3.63, 3.8) is 0 Å². The molecule has 3 aliphatic rings. The summed E-state index contributed by atoms with van der Waals surface area (Å²) in [5.41, 5.74) is 8.42. The van der Waals surface area contributed by atoms with Crippen LogP contribution in [0.25, 0.3) is 5.65 Å². The molecule has 0 aromatic carbocycles. The van der Waals surface area contributed by atoms with E-state index in [-0.39, 0.29) is 29.9 Å². The lowest BCUT2D eigenvalue weighted by Gasteiger charge is -2.30. The molecule has 0 aliphatic heterocycles. The zero-order chi connectivity index (χ0) is 26.9. The number of carbonyl (C=O) groups is 2. The summed E-state index contributed by atoms with van der Waals surface area (Å²) in [6, 6.07) is 6.01. The zero-order valence-corrected chi connectivity index (χ0v) is 22.5. The van der Waals surface area contributed by atoms with Crippen molar-refractivity contribution in [2.24, 2.45) is 11.7 Å². The van der Waals surface area contributed by atoms with E-state index in [2.05, 4.69) is 31.2 Å². The summed E-state index contributed by atoms with van der Waals surface area (Å²) in [6.07, 6.45) is 11.6. The smallest absolute Gasteiger partial charge is 0.276 e. The van der Waals surface area contributed by atoms with Crippen LogP contribution in [0.5, 0.6) is 0 Å². The second kappa shape index (κ2) is 11.0. The fourth-order valence-electron chi connectivity index (χ4n) is 5.21. The van der Waals surface area contributed by atoms with Gasteiger partial charge >= 0.3 is 0 Å². The molecule has 3 aliphatic carbocycles. The Bertz CT molecular complexity index is 1360. The number of imidazole rings is 1. The third-order valence-corrected chi connectivity index (χ3v) is 7.92. The molecule has 206 valence electrons. The molecular weight excluding hydrogens is 518 g/mol. The number of aromatic nitrogens is 4. The lowest BCUT2D eigenvalue weighted by atomic mass is 9.91. The number of hydrogen-bond acceptors (Lipinski definition) is 8. The van der Waals surface area contributed by atoms with Crippen molar-refractivity contribution in [1.29, 1.82) is 0 Å². The minimum atomic E-state index is -0.343. The normalized spacial score (nSPS) is 21.8. The Hall–Kier alpha value is -3.44. The van der Waals surface area contributed by atoms with E-state index in [9.17, 15) is 9.59 Å². The largest absolute Gasteiger partial charge is 0.379 e. The number of nitrogens with one attached hydrogen (secondary N) is 4. The number of amides is 2. The van der Waals surface area contributed by atoms with Gasteiger partial charge in [0.2, 0.25) is 5.91 Å². The third kappa shape index (κ3) is 6.42. The summed E-state index contributed by atoms with van der Waals surface area (Å²) in [7, 11) is 0. The number of rotatable bonds is 10. The molecule has 12 heteroatoms. The lowest BCUT2D eigenvalue weighted by Crippen LogP contribution is -2.42. The Morgan fingerprint density at radius 1 is 1.00 bits per heavy atom. The summed E-state index contributed by atoms with van der Waals surface area (Å²) in [4.78, 5) is 34.0. The molecule has 2 amide bonds. The predicted octanol–water partition coefficient (Wildman–Crippen LogP) is 3.57. The van der Waals surface area contributed by atoms with E-state index in [1.165, 1.54) is 12.4 Å². The van der Waals surface area contributed by atoms with Gasteiger partial charge in [0.1, 0.15) is 11.0 Å². The predicted molar refractivity (Wildman–Crippen MR) is 150 cm³/mol. The number of pyridine rings is 1. The highest BCUT2D eigenvalue weighted by molar-refractivity contribution is 6.29. The van der Waals surface area contributed by atoms with Crippen molar-refractivity contribution >= 4 is 46.3 Å². The molecule has 3 fully saturated rings. The van der Waals surface area contributed by atoms with Crippen LogP contribution in [-0.4, -0.2) is 55.6 Å². The van der Waals surface area contributed by atoms with Gasteiger partial charge in [-0.2, -0.15) is 0 Å². The Morgan fingerprint density at radius 3 is 2.44 bits per heavy atom. The Morgan fingerprint density at radius 2 is 1.72 bits per heavy atom. The average molecular weight is 552 g/mol. The van der Waals surface area contributed by atoms with Crippen molar-refractivity contribution in [3.8, 4) is 0 Å². The van der Waals surface area contributed by atoms with Crippen LogP contribution >= 0.6 is 11.6 Å². The van der Waals surface area contributed by atoms with E-state index in [4.69, 9.17) is 22.4 Å². The Labute approximate surface area is 231 Å². The summed E-state index contributed by atoms with van der Waals surface area (Å²) in [6.45, 7) is 0. The first kappa shape index (κ1) is 25.8. The van der Waals surface area contributed by atoms with Gasteiger partial charge in [-0.3, -0.25) is 9.59 Å². The number of hydrogen-bond donors (Lipinski definition) is 5. The molecule has 3 saturated carbocycles. The maximum absolute atomic E-state index is 13.1. The summed E-state index contributed by atoms with van der Waals surface area (Å²) >= 11 is 5.97. The number of nitrogens with zero attached hydrogens (tertiary/aromatic N) is 4. The van der Waals surface area contributed by atoms with Crippen molar-refractivity contribution < 1.29 is 9.59 Å². The molecule has 6 N–H and O–H groups in total. The highest BCUT2D eigenvalue weighted by Gasteiger charge is 2.31. The fourth-order valence-corrected chi connectivity index (χ4v) is 5.38. The van der Waals surface area contributed by atoms with Gasteiger partial charge in [0.25, 0.3) is 5.91 Å². The molecule has 3 aromatic rings. The van der Waals surface area contributed by atoms with Crippen LogP contribution in [0.15, 0.2) is 30.6 Å². The average Bonchev–Trinajstić information content (AvgIpc) is 3.83. The molecule has 0 spiro atoms. The SMILES string of the molecule is NC(CC(=O)N[C@H]1CC[C@H](Nc2cc(NC3CC3)c3ncc(C(=O)Nc4ccnc(Cl)c4)n3n2)CC1)C1CC1. The number of fused-ring (bicyclic) bond motifs is 1. The van der Waals surface area contributed by atoms with Gasteiger partial charge in [0.15, 0.2) is 11.3 Å². The Balaban J connectivity index is 1.13. The third-order valence-electron chi connectivity index (χ3n) is 7.71. The van der Waals surface area contributed by atoms with Crippen molar-refractivity contribution in [2.75, 3.05) is 16.0 Å². The molecule has 3 heterocycles. The van der Waals surface area contributed by atoms with Gasteiger partial charge in [0.05, 0.1) is 11.9 Å². The fraction of sp³-hybridized carbons (Fsp3) is 0.519. The minimum absolute atomic E-state index is 0.0138. The molecule has 0 radical (unpaired) electrons. The quantitative estimate of drug-likeness (QED) is 0.240. The molecule has 6 rings (SSSR count). The molecule has 1 unspecified atom stereocenters. The van der Waals surface area contributed by atoms with Crippen LogP contribution in [0.1, 0.15) is 68.3 Å². The second-order valence-corrected chi connectivity index (χ2v) is 11.4. The van der Waals surface area contributed by atoms with E-state index in [1.54, 1.807) is 16.6 Å². The number of halogens is 1. The molecule has 0 bridgehead atoms. The van der Waals surface area contributed by atoms with Gasteiger partial charge in [-0.1, -0.05) is 11.6 Å². The van der Waals surface area contributed by atoms with E-state index in [0.717, 1.165) is 57.1 Å². The van der Waals surface area contributed by atoms with Gasteiger partial charge in [-0.25, -0.2) is 14.5 Å². The van der Waals surface area contributed by atoms with Crippen molar-refractivity contribution in [2.45, 2.75) is 82.0 Å². The highest BCUT2D eigenvalue weighted by Crippen LogP contribution is 2.33. The molecule has 3 aromatic heterocycles. The monoisotopic (exact) mass is 551 g/mol. The van der Waals surface area contributed by atoms with Crippen LogP contribution in [0.2, 0.25) is 5.15 Å². The highest BCUT2D eigenvalue weighted by atomic mass is 35.5. The van der Waals surface area contributed by atoms with Gasteiger partial charge in [0, 0.05) is 48.5 Å². The number of nitrogens with two attached hydrogens (primary N) is 1. The van der Waals surface area contributed by atoms with Crippen molar-refractivity contribution in [1.82, 2.24) is 24.9 Å². The van der Waals surface area contributed by atoms with Crippen LogP contribution in [0, 0.1) is 5.92 Å². The molecule has 39 heavy (non-hydrogen) atoms. The maximum Gasteiger partial charge on any atom is 0.276 e. The first-order valence-electron chi connectivity index (χ1n) is 13.8. The van der Waals surface area contributed by atoms with Crippen molar-refractivity contribution in [3.05, 3.63) is 41.4 Å². The lowest BCUT2D eigenvalue weighted by molar-refractivity contribution is -0.122. The van der Waals surface area contributed by atoms with E-state index in [1.807, 2.05) is 6.07 Å². The van der Waals surface area contributed by atoms with Gasteiger partial charge < -0.3 is 27.0 Å².